The molecule has 0 unspecified atom stereocenters. The minimum absolute atomic E-state index is 0.144. The third kappa shape index (κ3) is 3.35. The molecule has 0 spiro atoms. The minimum Gasteiger partial charge on any atom is -0.340 e. The van der Waals surface area contributed by atoms with Gasteiger partial charge in [0.15, 0.2) is 0 Å². The summed E-state index contributed by atoms with van der Waals surface area (Å²) in [7, 11) is 1.75. The second-order valence-electron chi connectivity index (χ2n) is 5.78. The van der Waals surface area contributed by atoms with Gasteiger partial charge in [0.05, 0.1) is 6.07 Å². The van der Waals surface area contributed by atoms with Gasteiger partial charge in [0.1, 0.15) is 5.41 Å². The van der Waals surface area contributed by atoms with Crippen LogP contribution in [0.3, 0.4) is 0 Å². The number of hydrogen-bond acceptors (Lipinski definition) is 2. The summed E-state index contributed by atoms with van der Waals surface area (Å²) < 4.78 is 0. The zero-order chi connectivity index (χ0) is 14.8. The van der Waals surface area contributed by atoms with Crippen LogP contribution < -0.4 is 0 Å². The summed E-state index contributed by atoms with van der Waals surface area (Å²) in [5.74, 6) is -0.144. The number of nitrogens with zero attached hydrogens (tertiary/aromatic N) is 2. The Hall–Kier alpha value is -1.82. The number of carbonyl (C=O) groups excluding carboxylic acids is 1. The number of aryl methyl sites for hydroxylation is 3. The largest absolute Gasteiger partial charge is 0.340 e. The van der Waals surface area contributed by atoms with Gasteiger partial charge in [-0.3, -0.25) is 4.79 Å². The van der Waals surface area contributed by atoms with Crippen LogP contribution in [0, 0.1) is 37.5 Å². The van der Waals surface area contributed by atoms with Crippen molar-refractivity contribution in [3.8, 4) is 6.07 Å². The summed E-state index contributed by atoms with van der Waals surface area (Å²) in [4.78, 5) is 13.8. The Bertz CT molecular complexity index is 515. The summed E-state index contributed by atoms with van der Waals surface area (Å²) in [5, 5.41) is 9.03. The van der Waals surface area contributed by atoms with E-state index >= 15 is 0 Å². The molecule has 0 N–H and O–H groups in total. The third-order valence-corrected chi connectivity index (χ3v) is 3.40. The SMILES string of the molecule is Cc1cc(C)c(CN(C)C(=O)C(C)(C)C#N)c(C)c1. The van der Waals surface area contributed by atoms with Crippen LogP contribution in [0.2, 0.25) is 0 Å². The quantitative estimate of drug-likeness (QED) is 0.836. The molecule has 0 fully saturated rings. The maximum absolute atomic E-state index is 12.2. The maximum atomic E-state index is 12.2. The normalized spacial score (nSPS) is 11.0. The van der Waals surface area contributed by atoms with Gasteiger partial charge in [-0.2, -0.15) is 5.26 Å². The van der Waals surface area contributed by atoms with E-state index in [1.165, 1.54) is 16.7 Å². The predicted octanol–water partition coefficient (Wildman–Crippen LogP) is 3.12. The van der Waals surface area contributed by atoms with Crippen molar-refractivity contribution in [1.29, 1.82) is 5.26 Å². The van der Waals surface area contributed by atoms with E-state index in [4.69, 9.17) is 5.26 Å². The van der Waals surface area contributed by atoms with E-state index in [-0.39, 0.29) is 5.91 Å². The first kappa shape index (κ1) is 15.2. The molecule has 1 amide bonds. The highest BCUT2D eigenvalue weighted by Gasteiger charge is 2.30. The molecule has 3 nitrogen and oxygen atoms in total. The Labute approximate surface area is 115 Å². The zero-order valence-corrected chi connectivity index (χ0v) is 12.7. The number of carbonyl (C=O) groups is 1. The summed E-state index contributed by atoms with van der Waals surface area (Å²) in [6.45, 7) is 10.0. The molecule has 0 atom stereocenters. The summed E-state index contributed by atoms with van der Waals surface area (Å²) in [6, 6.07) is 6.30. The number of benzene rings is 1. The van der Waals surface area contributed by atoms with E-state index in [0.29, 0.717) is 6.54 Å². The van der Waals surface area contributed by atoms with Gasteiger partial charge in [-0.15, -0.1) is 0 Å². The highest BCUT2D eigenvalue weighted by atomic mass is 16.2. The van der Waals surface area contributed by atoms with Gasteiger partial charge < -0.3 is 4.90 Å². The van der Waals surface area contributed by atoms with E-state index in [1.807, 2.05) is 0 Å². The Morgan fingerprint density at radius 3 is 2.16 bits per heavy atom. The number of rotatable bonds is 3. The summed E-state index contributed by atoms with van der Waals surface area (Å²) in [6.07, 6.45) is 0. The van der Waals surface area contributed by atoms with Crippen molar-refractivity contribution in [2.45, 2.75) is 41.2 Å². The third-order valence-electron chi connectivity index (χ3n) is 3.40. The van der Waals surface area contributed by atoms with Crippen LogP contribution in [0.25, 0.3) is 0 Å². The van der Waals surface area contributed by atoms with E-state index in [2.05, 4.69) is 39.0 Å². The van der Waals surface area contributed by atoms with Gasteiger partial charge in [0, 0.05) is 13.6 Å². The standard InChI is InChI=1S/C16H22N2O/c1-11-7-12(2)14(13(3)8-11)9-18(6)15(19)16(4,5)10-17/h7-8H,9H2,1-6H3. The highest BCUT2D eigenvalue weighted by Crippen LogP contribution is 2.21. The van der Waals surface area contributed by atoms with Crippen molar-refractivity contribution in [3.63, 3.8) is 0 Å². The Kier molecular flexibility index (Phi) is 4.36. The molecule has 1 rings (SSSR count). The number of hydrogen-bond donors (Lipinski definition) is 0. The van der Waals surface area contributed by atoms with Crippen LogP contribution in [-0.2, 0) is 11.3 Å². The molecule has 0 aromatic heterocycles. The second-order valence-corrected chi connectivity index (χ2v) is 5.78. The molecule has 19 heavy (non-hydrogen) atoms. The van der Waals surface area contributed by atoms with E-state index in [9.17, 15) is 4.79 Å². The van der Waals surface area contributed by atoms with Crippen molar-refractivity contribution < 1.29 is 4.79 Å². The Morgan fingerprint density at radius 1 is 1.26 bits per heavy atom. The van der Waals surface area contributed by atoms with Gasteiger partial charge in [0.25, 0.3) is 0 Å². The fourth-order valence-electron chi connectivity index (χ4n) is 2.29. The molecule has 1 aromatic carbocycles. The van der Waals surface area contributed by atoms with E-state index < -0.39 is 5.41 Å². The highest BCUT2D eigenvalue weighted by molar-refractivity contribution is 5.84. The van der Waals surface area contributed by atoms with Gasteiger partial charge in [-0.1, -0.05) is 17.7 Å². The smallest absolute Gasteiger partial charge is 0.242 e. The predicted molar refractivity (Wildman–Crippen MR) is 76.5 cm³/mol. The van der Waals surface area contributed by atoms with Gasteiger partial charge >= 0.3 is 0 Å². The van der Waals surface area contributed by atoms with Crippen LogP contribution in [0.15, 0.2) is 12.1 Å². The molecule has 0 heterocycles. The van der Waals surface area contributed by atoms with Gasteiger partial charge in [0.2, 0.25) is 5.91 Å². The first-order valence-electron chi connectivity index (χ1n) is 6.42. The average molecular weight is 258 g/mol. The molecule has 0 saturated carbocycles. The van der Waals surface area contributed by atoms with Crippen molar-refractivity contribution in [2.75, 3.05) is 7.05 Å². The number of nitriles is 1. The van der Waals surface area contributed by atoms with Crippen molar-refractivity contribution >= 4 is 5.91 Å². The lowest BCUT2D eigenvalue weighted by Crippen LogP contribution is -2.37. The lowest BCUT2D eigenvalue weighted by atomic mass is 9.93. The summed E-state index contributed by atoms with van der Waals surface area (Å²) >= 11 is 0. The monoisotopic (exact) mass is 258 g/mol. The Morgan fingerprint density at radius 2 is 1.74 bits per heavy atom. The Balaban J connectivity index is 2.99. The molecule has 1 aromatic rings. The molecule has 0 aliphatic rings. The van der Waals surface area contributed by atoms with Crippen LogP contribution in [-0.4, -0.2) is 17.9 Å². The number of amides is 1. The molecular weight excluding hydrogens is 236 g/mol. The van der Waals surface area contributed by atoms with Crippen molar-refractivity contribution in [1.82, 2.24) is 4.90 Å². The molecular formula is C16H22N2O. The molecule has 102 valence electrons. The van der Waals surface area contributed by atoms with Crippen molar-refractivity contribution in [3.05, 3.63) is 34.4 Å². The van der Waals surface area contributed by atoms with Crippen LogP contribution in [0.4, 0.5) is 0 Å². The van der Waals surface area contributed by atoms with E-state index in [1.54, 1.807) is 25.8 Å². The molecule has 0 radical (unpaired) electrons. The molecule has 0 bridgehead atoms. The topological polar surface area (TPSA) is 44.1 Å². The van der Waals surface area contributed by atoms with Crippen LogP contribution >= 0.6 is 0 Å². The molecule has 3 heteroatoms. The average Bonchev–Trinajstić information content (AvgIpc) is 2.32. The second kappa shape index (κ2) is 5.44. The van der Waals surface area contributed by atoms with Crippen molar-refractivity contribution in [2.24, 2.45) is 5.41 Å². The first-order chi connectivity index (χ1) is 8.69. The summed E-state index contributed by atoms with van der Waals surface area (Å²) in [5.41, 5.74) is 3.79. The minimum atomic E-state index is -0.971. The van der Waals surface area contributed by atoms with Gasteiger partial charge in [-0.25, -0.2) is 0 Å². The molecule has 0 aliphatic heterocycles. The van der Waals surface area contributed by atoms with Crippen LogP contribution in [0.1, 0.15) is 36.1 Å². The molecule has 0 aliphatic carbocycles. The fraction of sp³-hybridized carbons (Fsp3) is 0.500. The lowest BCUT2D eigenvalue weighted by Gasteiger charge is -2.25. The van der Waals surface area contributed by atoms with Crippen LogP contribution in [0.5, 0.6) is 0 Å². The van der Waals surface area contributed by atoms with E-state index in [0.717, 1.165) is 5.56 Å². The van der Waals surface area contributed by atoms with Gasteiger partial charge in [-0.05, 0) is 51.3 Å². The maximum Gasteiger partial charge on any atom is 0.242 e. The zero-order valence-electron chi connectivity index (χ0n) is 12.7. The first-order valence-corrected chi connectivity index (χ1v) is 6.42. The fourth-order valence-corrected chi connectivity index (χ4v) is 2.29. The lowest BCUT2D eigenvalue weighted by molar-refractivity contribution is -0.136. The molecule has 0 saturated heterocycles.